The van der Waals surface area contributed by atoms with E-state index in [1.807, 2.05) is 0 Å². The topological polar surface area (TPSA) is 83.5 Å². The summed E-state index contributed by atoms with van der Waals surface area (Å²) in [6.07, 6.45) is 1.61. The number of rotatable bonds is 4. The number of allylic oxidation sites excluding steroid dienone is 1. The largest absolute Gasteiger partial charge is 0.351 e. The zero-order chi connectivity index (χ0) is 10.5. The van der Waals surface area contributed by atoms with Crippen molar-refractivity contribution in [3.05, 3.63) is 11.6 Å². The van der Waals surface area contributed by atoms with Gasteiger partial charge in [-0.15, -0.1) is 0 Å². The first kappa shape index (κ1) is 12.1. The summed E-state index contributed by atoms with van der Waals surface area (Å²) in [5, 5.41) is 2.34. The minimum Gasteiger partial charge on any atom is -0.351 e. The molecule has 0 atom stereocenters. The van der Waals surface area contributed by atoms with Crippen molar-refractivity contribution in [1.29, 1.82) is 0 Å². The van der Waals surface area contributed by atoms with Gasteiger partial charge in [0.2, 0.25) is 5.91 Å². The maximum absolute atomic E-state index is 11.0. The summed E-state index contributed by atoms with van der Waals surface area (Å²) >= 11 is 0. The fourth-order valence-corrected chi connectivity index (χ4v) is 0.924. The van der Waals surface area contributed by atoms with E-state index in [9.17, 15) is 13.2 Å². The number of hydrogen-bond donors (Lipinski definition) is 2. The molecule has 0 bridgehead atoms. The smallest absolute Gasteiger partial charge is 0.266 e. The lowest BCUT2D eigenvalue weighted by atomic mass is 10.3. The van der Waals surface area contributed by atoms with Crippen LogP contribution in [0.5, 0.6) is 0 Å². The molecule has 0 spiro atoms. The van der Waals surface area contributed by atoms with Gasteiger partial charge < -0.3 is 5.32 Å². The molecule has 0 radical (unpaired) electrons. The van der Waals surface area contributed by atoms with E-state index >= 15 is 0 Å². The molecule has 76 valence electrons. The summed E-state index contributed by atoms with van der Waals surface area (Å²) in [5.74, 6) is -0.790. The quantitative estimate of drug-likeness (QED) is 0.500. The molecular formula is C7H13NO4S. The van der Waals surface area contributed by atoms with Gasteiger partial charge in [-0.2, -0.15) is 8.42 Å². The molecule has 0 rings (SSSR count). The van der Waals surface area contributed by atoms with Crippen LogP contribution in [0.3, 0.4) is 0 Å². The summed E-state index contributed by atoms with van der Waals surface area (Å²) in [6.45, 7) is 3.24. The van der Waals surface area contributed by atoms with E-state index in [2.05, 4.69) is 5.32 Å². The molecule has 0 aliphatic carbocycles. The van der Waals surface area contributed by atoms with Crippen molar-refractivity contribution in [3.63, 3.8) is 0 Å². The summed E-state index contributed by atoms with van der Waals surface area (Å²) in [4.78, 5) is 11.0. The van der Waals surface area contributed by atoms with Crippen LogP contribution in [0.15, 0.2) is 11.6 Å². The van der Waals surface area contributed by atoms with Gasteiger partial charge in [-0.05, 0) is 13.8 Å². The van der Waals surface area contributed by atoms with E-state index in [1.165, 1.54) is 0 Å². The van der Waals surface area contributed by atoms with Crippen molar-refractivity contribution in [2.75, 3.05) is 12.3 Å². The van der Waals surface area contributed by atoms with Crippen molar-refractivity contribution < 1.29 is 17.8 Å². The summed E-state index contributed by atoms with van der Waals surface area (Å²) < 4.78 is 28.8. The highest BCUT2D eigenvalue weighted by atomic mass is 32.2. The Bertz CT molecular complexity index is 304. The van der Waals surface area contributed by atoms with E-state index in [1.54, 1.807) is 19.9 Å². The minimum atomic E-state index is -3.99. The standard InChI is InChI=1S/C7H13NO4S/c1-3-6(2)7(9)8-4-5-13(10,11)12/h3H,4-5H2,1-2H3,(H,8,9)(H,10,11,12). The normalized spacial score (nSPS) is 12.7. The van der Waals surface area contributed by atoms with E-state index in [-0.39, 0.29) is 12.5 Å². The molecule has 2 N–H and O–H groups in total. The Kier molecular flexibility index (Phi) is 4.64. The van der Waals surface area contributed by atoms with Crippen molar-refractivity contribution in [1.82, 2.24) is 5.32 Å². The molecule has 6 heteroatoms. The van der Waals surface area contributed by atoms with Crippen molar-refractivity contribution in [2.24, 2.45) is 0 Å². The zero-order valence-electron chi connectivity index (χ0n) is 7.57. The van der Waals surface area contributed by atoms with Gasteiger partial charge in [-0.1, -0.05) is 6.08 Å². The molecule has 0 fully saturated rings. The van der Waals surface area contributed by atoms with E-state index in [0.29, 0.717) is 5.57 Å². The first-order valence-electron chi connectivity index (χ1n) is 3.73. The second kappa shape index (κ2) is 4.98. The SMILES string of the molecule is CC=C(C)C(=O)NCCS(=O)(=O)O. The van der Waals surface area contributed by atoms with Crippen LogP contribution in [0.2, 0.25) is 0 Å². The highest BCUT2D eigenvalue weighted by molar-refractivity contribution is 7.85. The van der Waals surface area contributed by atoms with Crippen LogP contribution in [0.25, 0.3) is 0 Å². The van der Waals surface area contributed by atoms with E-state index in [4.69, 9.17) is 4.55 Å². The summed E-state index contributed by atoms with van der Waals surface area (Å²) in [7, 11) is -3.99. The predicted molar refractivity (Wildman–Crippen MR) is 48.9 cm³/mol. The molecule has 13 heavy (non-hydrogen) atoms. The average molecular weight is 207 g/mol. The molecule has 0 saturated carbocycles. The number of nitrogens with one attached hydrogen (secondary N) is 1. The third-order valence-electron chi connectivity index (χ3n) is 1.44. The molecular weight excluding hydrogens is 194 g/mol. The van der Waals surface area contributed by atoms with Gasteiger partial charge in [0.15, 0.2) is 0 Å². The predicted octanol–water partition coefficient (Wildman–Crippen LogP) is -0.0434. The number of carbonyl (C=O) groups excluding carboxylic acids is 1. The lowest BCUT2D eigenvalue weighted by Crippen LogP contribution is -2.29. The fourth-order valence-electron chi connectivity index (χ4n) is 0.564. The fraction of sp³-hybridized carbons (Fsp3) is 0.571. The Hall–Kier alpha value is -0.880. The van der Waals surface area contributed by atoms with E-state index < -0.39 is 15.9 Å². The van der Waals surface area contributed by atoms with Gasteiger partial charge in [0.25, 0.3) is 10.1 Å². The third-order valence-corrected chi connectivity index (χ3v) is 2.16. The molecule has 0 heterocycles. The van der Waals surface area contributed by atoms with Gasteiger partial charge >= 0.3 is 0 Å². The van der Waals surface area contributed by atoms with Crippen LogP contribution in [-0.2, 0) is 14.9 Å². The molecule has 0 aromatic carbocycles. The molecule has 0 aliphatic heterocycles. The Balaban J connectivity index is 3.86. The molecule has 0 unspecified atom stereocenters. The van der Waals surface area contributed by atoms with E-state index in [0.717, 1.165) is 0 Å². The Morgan fingerprint density at radius 1 is 1.54 bits per heavy atom. The van der Waals surface area contributed by atoms with Gasteiger partial charge in [-0.25, -0.2) is 0 Å². The van der Waals surface area contributed by atoms with Gasteiger partial charge in [0, 0.05) is 12.1 Å². The lowest BCUT2D eigenvalue weighted by Gasteiger charge is -2.02. The number of amides is 1. The Morgan fingerprint density at radius 3 is 2.46 bits per heavy atom. The number of hydrogen-bond acceptors (Lipinski definition) is 3. The van der Waals surface area contributed by atoms with Gasteiger partial charge in [0.1, 0.15) is 0 Å². The molecule has 0 aromatic rings. The maximum atomic E-state index is 11.0. The van der Waals surface area contributed by atoms with Crippen LogP contribution < -0.4 is 5.32 Å². The lowest BCUT2D eigenvalue weighted by molar-refractivity contribution is -0.117. The first-order valence-corrected chi connectivity index (χ1v) is 5.34. The second-order valence-electron chi connectivity index (χ2n) is 2.51. The minimum absolute atomic E-state index is 0.0805. The molecule has 0 saturated heterocycles. The highest BCUT2D eigenvalue weighted by Crippen LogP contribution is 1.90. The van der Waals surface area contributed by atoms with Gasteiger partial charge in [-0.3, -0.25) is 9.35 Å². The van der Waals surface area contributed by atoms with Crippen LogP contribution in [0.1, 0.15) is 13.8 Å². The average Bonchev–Trinajstić information content (AvgIpc) is 2.00. The van der Waals surface area contributed by atoms with Crippen LogP contribution in [-0.4, -0.2) is 31.2 Å². The van der Waals surface area contributed by atoms with Crippen LogP contribution >= 0.6 is 0 Å². The van der Waals surface area contributed by atoms with Gasteiger partial charge in [0.05, 0.1) is 5.75 Å². The van der Waals surface area contributed by atoms with Crippen LogP contribution in [0.4, 0.5) is 0 Å². The Labute approximate surface area is 77.6 Å². The second-order valence-corrected chi connectivity index (χ2v) is 4.09. The van der Waals surface area contributed by atoms with Crippen LogP contribution in [0, 0.1) is 0 Å². The first-order chi connectivity index (χ1) is 5.87. The zero-order valence-corrected chi connectivity index (χ0v) is 8.39. The number of carbonyl (C=O) groups is 1. The highest BCUT2D eigenvalue weighted by Gasteiger charge is 2.06. The monoisotopic (exact) mass is 207 g/mol. The molecule has 5 nitrogen and oxygen atoms in total. The maximum Gasteiger partial charge on any atom is 0.266 e. The molecule has 0 aliphatic rings. The summed E-state index contributed by atoms with van der Waals surface area (Å²) in [6, 6.07) is 0. The third kappa shape index (κ3) is 6.30. The molecule has 1 amide bonds. The van der Waals surface area contributed by atoms with Crippen molar-refractivity contribution >= 4 is 16.0 Å². The van der Waals surface area contributed by atoms with Crippen molar-refractivity contribution in [3.8, 4) is 0 Å². The van der Waals surface area contributed by atoms with Crippen molar-refractivity contribution in [2.45, 2.75) is 13.8 Å². The summed E-state index contributed by atoms with van der Waals surface area (Å²) in [5.41, 5.74) is 0.510. The molecule has 0 aromatic heterocycles. The Morgan fingerprint density at radius 2 is 2.08 bits per heavy atom.